The Labute approximate surface area is 70.4 Å². The van der Waals surface area contributed by atoms with Crippen LogP contribution in [0.4, 0.5) is 23.2 Å². The molecule has 0 N–H and O–H groups in total. The van der Waals surface area contributed by atoms with Gasteiger partial charge in [-0.25, -0.2) is 0 Å². The molecule has 0 bridgehead atoms. The van der Waals surface area contributed by atoms with Crippen LogP contribution in [0.3, 0.4) is 0 Å². The van der Waals surface area contributed by atoms with Gasteiger partial charge in [0.2, 0.25) is 11.2 Å². The molecule has 13 heavy (non-hydrogen) atoms. The minimum Gasteiger partial charge on any atom is -0.198 e. The molecule has 0 heterocycles. The Hall–Kier alpha value is -1.64. The van der Waals surface area contributed by atoms with E-state index in [1.807, 2.05) is 0 Å². The standard InChI is InChI=1S/C7H3F4N2/c8-5-2-1-4(7(9,10)11)3-6(5)13-12/h1-3H/q+1. The zero-order valence-electron chi connectivity index (χ0n) is 6.14. The van der Waals surface area contributed by atoms with Crippen LogP contribution >= 0.6 is 0 Å². The van der Waals surface area contributed by atoms with Gasteiger partial charge in [0.25, 0.3) is 0 Å². The SMILES string of the molecule is N#[N+]c1cc(C(F)(F)F)ccc1F. The number of benzene rings is 1. The highest BCUT2D eigenvalue weighted by Gasteiger charge is 2.33. The van der Waals surface area contributed by atoms with Crippen LogP contribution in [-0.4, -0.2) is 0 Å². The van der Waals surface area contributed by atoms with Crippen molar-refractivity contribution in [2.75, 3.05) is 0 Å². The number of diazo groups is 1. The average Bonchev–Trinajstić information content (AvgIpc) is 2.03. The van der Waals surface area contributed by atoms with Crippen LogP contribution in [-0.2, 0) is 6.18 Å². The van der Waals surface area contributed by atoms with Crippen LogP contribution in [0, 0.1) is 11.2 Å². The molecule has 1 aromatic carbocycles. The van der Waals surface area contributed by atoms with Gasteiger partial charge in [0.05, 0.1) is 5.56 Å². The molecule has 0 aliphatic carbocycles. The summed E-state index contributed by atoms with van der Waals surface area (Å²) in [6, 6.07) is 1.59. The third kappa shape index (κ3) is 1.93. The van der Waals surface area contributed by atoms with Crippen molar-refractivity contribution in [1.82, 2.24) is 0 Å². The molecule has 0 aliphatic rings. The molecule has 0 saturated heterocycles. The molecular weight excluding hydrogens is 188 g/mol. The van der Waals surface area contributed by atoms with Gasteiger partial charge in [0.15, 0.2) is 4.98 Å². The molecule has 0 amide bonds. The normalized spacial score (nSPS) is 11.0. The van der Waals surface area contributed by atoms with E-state index in [1.54, 1.807) is 0 Å². The van der Waals surface area contributed by atoms with Gasteiger partial charge in [0.1, 0.15) is 0 Å². The molecule has 68 valence electrons. The molecule has 0 atom stereocenters. The first-order valence-electron chi connectivity index (χ1n) is 3.17. The van der Waals surface area contributed by atoms with Crippen LogP contribution in [0.15, 0.2) is 18.2 Å². The lowest BCUT2D eigenvalue weighted by Gasteiger charge is -2.03. The summed E-state index contributed by atoms with van der Waals surface area (Å²) in [5, 5.41) is 8.13. The second-order valence-corrected chi connectivity index (χ2v) is 2.26. The van der Waals surface area contributed by atoms with Crippen molar-refractivity contribution in [1.29, 1.82) is 5.39 Å². The van der Waals surface area contributed by atoms with E-state index in [-0.39, 0.29) is 0 Å². The van der Waals surface area contributed by atoms with E-state index < -0.39 is 23.2 Å². The topological polar surface area (TPSA) is 28.1 Å². The number of hydrogen-bond acceptors (Lipinski definition) is 1. The second-order valence-electron chi connectivity index (χ2n) is 2.26. The molecule has 0 unspecified atom stereocenters. The van der Waals surface area contributed by atoms with Crippen molar-refractivity contribution < 1.29 is 17.6 Å². The lowest BCUT2D eigenvalue weighted by Crippen LogP contribution is -2.04. The molecule has 2 nitrogen and oxygen atoms in total. The van der Waals surface area contributed by atoms with E-state index >= 15 is 0 Å². The van der Waals surface area contributed by atoms with Gasteiger partial charge in [-0.2, -0.15) is 17.6 Å². The van der Waals surface area contributed by atoms with Gasteiger partial charge in [-0.1, -0.05) is 0 Å². The highest BCUT2D eigenvalue weighted by atomic mass is 19.4. The molecule has 0 spiro atoms. The molecule has 1 rings (SSSR count). The van der Waals surface area contributed by atoms with E-state index in [0.29, 0.717) is 18.2 Å². The Bertz CT molecular complexity index is 364. The Kier molecular flexibility index (Phi) is 2.19. The summed E-state index contributed by atoms with van der Waals surface area (Å²) in [4.78, 5) is 2.37. The van der Waals surface area contributed by atoms with Crippen molar-refractivity contribution in [2.45, 2.75) is 6.18 Å². The summed E-state index contributed by atoms with van der Waals surface area (Å²) >= 11 is 0. The Morgan fingerprint density at radius 3 is 2.31 bits per heavy atom. The van der Waals surface area contributed by atoms with Crippen LogP contribution in [0.2, 0.25) is 0 Å². The summed E-state index contributed by atoms with van der Waals surface area (Å²) in [5.41, 5.74) is -1.78. The van der Waals surface area contributed by atoms with Gasteiger partial charge in [-0.15, -0.1) is 0 Å². The Balaban J connectivity index is 3.24. The summed E-state index contributed by atoms with van der Waals surface area (Å²) in [5.74, 6) is -1.00. The predicted octanol–water partition coefficient (Wildman–Crippen LogP) is 3.33. The van der Waals surface area contributed by atoms with E-state index in [2.05, 4.69) is 4.98 Å². The van der Waals surface area contributed by atoms with E-state index in [9.17, 15) is 17.6 Å². The van der Waals surface area contributed by atoms with Gasteiger partial charge >= 0.3 is 11.9 Å². The molecule has 0 fully saturated rings. The maximum absolute atomic E-state index is 12.5. The molecule has 6 heteroatoms. The van der Waals surface area contributed by atoms with Gasteiger partial charge < -0.3 is 0 Å². The van der Waals surface area contributed by atoms with Crippen LogP contribution in [0.25, 0.3) is 4.98 Å². The summed E-state index contributed by atoms with van der Waals surface area (Å²) in [6.07, 6.45) is -4.56. The fourth-order valence-corrected chi connectivity index (χ4v) is 0.766. The van der Waals surface area contributed by atoms with Crippen molar-refractivity contribution in [3.8, 4) is 0 Å². The summed E-state index contributed by atoms with van der Waals surface area (Å²) < 4.78 is 48.5. The molecule has 0 aromatic heterocycles. The van der Waals surface area contributed by atoms with E-state index in [1.165, 1.54) is 0 Å². The predicted molar refractivity (Wildman–Crippen MR) is 36.1 cm³/mol. The highest BCUT2D eigenvalue weighted by molar-refractivity contribution is 5.48. The third-order valence-electron chi connectivity index (χ3n) is 1.38. The second kappa shape index (κ2) is 3.01. The van der Waals surface area contributed by atoms with Crippen LogP contribution < -0.4 is 0 Å². The fourth-order valence-electron chi connectivity index (χ4n) is 0.766. The number of alkyl halides is 3. The molecule has 1 aromatic rings. The lowest BCUT2D eigenvalue weighted by molar-refractivity contribution is -0.137. The zero-order chi connectivity index (χ0) is 10.1. The largest absolute Gasteiger partial charge is 0.420 e. The van der Waals surface area contributed by atoms with Crippen molar-refractivity contribution in [3.63, 3.8) is 0 Å². The Morgan fingerprint density at radius 1 is 1.23 bits per heavy atom. The first-order chi connectivity index (χ1) is 5.95. The quantitative estimate of drug-likeness (QED) is 0.456. The lowest BCUT2D eigenvalue weighted by atomic mass is 10.2. The van der Waals surface area contributed by atoms with Gasteiger partial charge in [0, 0.05) is 6.07 Å². The minimum absolute atomic E-state index is 0.426. The minimum atomic E-state index is -4.56. The maximum Gasteiger partial charge on any atom is 0.420 e. The first-order valence-corrected chi connectivity index (χ1v) is 3.17. The molecular formula is C7H3F4N2+. The smallest absolute Gasteiger partial charge is 0.198 e. The summed E-state index contributed by atoms with van der Waals surface area (Å²) in [7, 11) is 0. The van der Waals surface area contributed by atoms with Crippen LogP contribution in [0.5, 0.6) is 0 Å². The van der Waals surface area contributed by atoms with Crippen molar-refractivity contribution in [3.05, 3.63) is 34.6 Å². The van der Waals surface area contributed by atoms with E-state index in [0.717, 1.165) is 0 Å². The van der Waals surface area contributed by atoms with Crippen molar-refractivity contribution in [2.24, 2.45) is 0 Å². The fraction of sp³-hybridized carbons (Fsp3) is 0.143. The molecule has 0 saturated carbocycles. The number of rotatable bonds is 0. The monoisotopic (exact) mass is 191 g/mol. The number of nitrogens with zero attached hydrogens (tertiary/aromatic N) is 2. The van der Waals surface area contributed by atoms with Crippen LogP contribution in [0.1, 0.15) is 5.56 Å². The maximum atomic E-state index is 12.5. The zero-order valence-corrected chi connectivity index (χ0v) is 6.14. The van der Waals surface area contributed by atoms with E-state index in [4.69, 9.17) is 5.39 Å². The van der Waals surface area contributed by atoms with Gasteiger partial charge in [-0.05, 0) is 12.1 Å². The number of hydrogen-bond donors (Lipinski definition) is 0. The first kappa shape index (κ1) is 9.45. The average molecular weight is 191 g/mol. The van der Waals surface area contributed by atoms with Gasteiger partial charge in [-0.3, -0.25) is 0 Å². The number of halogens is 4. The Morgan fingerprint density at radius 2 is 1.85 bits per heavy atom. The van der Waals surface area contributed by atoms with Crippen molar-refractivity contribution >= 4 is 5.69 Å². The third-order valence-corrected chi connectivity index (χ3v) is 1.38. The summed E-state index contributed by atoms with van der Waals surface area (Å²) in [6.45, 7) is 0. The molecule has 0 aliphatic heterocycles. The highest BCUT2D eigenvalue weighted by Crippen LogP contribution is 2.32. The molecule has 0 radical (unpaired) electrons.